The molecule has 0 aromatic rings. The Bertz CT molecular complexity index is 277. The number of amides is 2. The number of primary amides is 1. The number of nitrogens with one attached hydrogen (secondary N) is 1. The predicted octanol–water partition coefficient (Wildman–Crippen LogP) is -1.74. The zero-order valence-corrected chi connectivity index (χ0v) is 8.24. The van der Waals surface area contributed by atoms with Gasteiger partial charge in [0.2, 0.25) is 11.8 Å². The van der Waals surface area contributed by atoms with E-state index in [9.17, 15) is 18.0 Å². The Kier molecular flexibility index (Phi) is 7.90. The van der Waals surface area contributed by atoms with Crippen LogP contribution < -0.4 is 11.2 Å². The fourth-order valence-corrected chi connectivity index (χ4v) is 0.293. The molecular weight excluding hydrogens is 216 g/mol. The van der Waals surface area contributed by atoms with Gasteiger partial charge in [-0.15, -0.1) is 0 Å². The van der Waals surface area contributed by atoms with Gasteiger partial charge in [0.15, 0.2) is 0 Å². The number of carbonyl (C=O) groups excluding carboxylic acids is 2. The number of nitrogens with two attached hydrogens (primary N) is 1. The maximum Gasteiger partial charge on any atom is 0.261 e. The summed E-state index contributed by atoms with van der Waals surface area (Å²) in [6.45, 7) is 0. The van der Waals surface area contributed by atoms with E-state index >= 15 is 0 Å². The Morgan fingerprint density at radius 3 is 1.93 bits per heavy atom. The summed E-state index contributed by atoms with van der Waals surface area (Å²) >= 11 is 0. The monoisotopic (exact) mass is 228 g/mol. The van der Waals surface area contributed by atoms with Crippen molar-refractivity contribution >= 4 is 21.9 Å². The Balaban J connectivity index is 0. The molecule has 0 saturated carbocycles. The van der Waals surface area contributed by atoms with Gasteiger partial charge in [-0.05, 0) is 0 Å². The largest absolute Gasteiger partial charge is 0.370 e. The Hall–Kier alpha value is -1.19. The molecule has 9 heteroatoms. The van der Waals surface area contributed by atoms with Crippen LogP contribution in [0.5, 0.6) is 0 Å². The minimum atomic E-state index is -3.67. The molecule has 0 bridgehead atoms. The molecule has 0 rings (SSSR count). The first-order valence-corrected chi connectivity index (χ1v) is 5.15. The van der Waals surface area contributed by atoms with Crippen LogP contribution in [0.15, 0.2) is 0 Å². The smallest absolute Gasteiger partial charge is 0.261 e. The molecule has 0 fully saturated rings. The fraction of sp³-hybridized carbons (Fsp3) is 0.600. The van der Waals surface area contributed by atoms with Crippen LogP contribution in [-0.2, 0) is 19.7 Å². The second-order valence-corrected chi connectivity index (χ2v) is 3.70. The topological polar surface area (TPSA) is 147 Å². The van der Waals surface area contributed by atoms with Gasteiger partial charge in [0.25, 0.3) is 10.1 Å². The summed E-state index contributed by atoms with van der Waals surface area (Å²) in [6, 6.07) is 0. The molecule has 0 spiro atoms. The molecule has 0 unspecified atom stereocenters. The lowest BCUT2D eigenvalue weighted by atomic mass is 10.3. The van der Waals surface area contributed by atoms with Gasteiger partial charge in [-0.2, -0.15) is 8.42 Å². The van der Waals surface area contributed by atoms with Crippen LogP contribution >= 0.6 is 0 Å². The highest BCUT2D eigenvalue weighted by Gasteiger charge is 2.00. The van der Waals surface area contributed by atoms with Gasteiger partial charge in [-0.25, -0.2) is 5.48 Å². The van der Waals surface area contributed by atoms with Crippen LogP contribution in [0.25, 0.3) is 0 Å². The molecular formula is C5H12N2O6S. The van der Waals surface area contributed by atoms with Crippen LogP contribution in [0.3, 0.4) is 0 Å². The first-order valence-electron chi connectivity index (χ1n) is 3.30. The fourth-order valence-electron chi connectivity index (χ4n) is 0.293. The standard InChI is InChI=1S/C4H8N2O3.CH4O3S/c5-3(7)1-2-4(8)6-9;1-5(2,3)4/h9H,1-2H2,(H2,5,7)(H,6,8);1H3,(H,2,3,4). The van der Waals surface area contributed by atoms with Crippen molar-refractivity contribution in [2.75, 3.05) is 6.26 Å². The molecule has 8 nitrogen and oxygen atoms in total. The number of hydroxylamine groups is 1. The van der Waals surface area contributed by atoms with Gasteiger partial charge < -0.3 is 5.73 Å². The van der Waals surface area contributed by atoms with Crippen molar-refractivity contribution in [3.63, 3.8) is 0 Å². The summed E-state index contributed by atoms with van der Waals surface area (Å²) in [5, 5.41) is 7.90. The van der Waals surface area contributed by atoms with Crippen LogP contribution in [0.1, 0.15) is 12.8 Å². The molecule has 0 saturated heterocycles. The molecule has 0 aliphatic heterocycles. The second-order valence-electron chi connectivity index (χ2n) is 2.23. The maximum absolute atomic E-state index is 10.1. The maximum atomic E-state index is 10.1. The summed E-state index contributed by atoms with van der Waals surface area (Å²) in [7, 11) is -3.67. The second kappa shape index (κ2) is 7.24. The van der Waals surface area contributed by atoms with Gasteiger partial charge in [-0.1, -0.05) is 0 Å². The molecule has 0 heterocycles. The molecule has 0 radical (unpaired) electrons. The first-order chi connectivity index (χ1) is 6.16. The molecule has 0 aromatic carbocycles. The Labute approximate surface area is 80.8 Å². The van der Waals surface area contributed by atoms with Crippen LogP contribution in [0.2, 0.25) is 0 Å². The van der Waals surface area contributed by atoms with Crippen molar-refractivity contribution in [3.05, 3.63) is 0 Å². The van der Waals surface area contributed by atoms with E-state index in [1.807, 2.05) is 0 Å². The number of hydrogen-bond acceptors (Lipinski definition) is 5. The minimum Gasteiger partial charge on any atom is -0.370 e. The number of rotatable bonds is 3. The third-order valence-corrected chi connectivity index (χ3v) is 0.723. The first kappa shape index (κ1) is 15.3. The molecule has 5 N–H and O–H groups in total. The lowest BCUT2D eigenvalue weighted by molar-refractivity contribution is -0.131. The third kappa shape index (κ3) is 30.8. The highest BCUT2D eigenvalue weighted by molar-refractivity contribution is 7.85. The van der Waals surface area contributed by atoms with E-state index in [-0.39, 0.29) is 12.8 Å². The summed E-state index contributed by atoms with van der Waals surface area (Å²) in [5.41, 5.74) is 6.07. The zero-order valence-electron chi connectivity index (χ0n) is 7.43. The van der Waals surface area contributed by atoms with E-state index < -0.39 is 21.9 Å². The highest BCUT2D eigenvalue weighted by atomic mass is 32.2. The number of carbonyl (C=O) groups is 2. The van der Waals surface area contributed by atoms with Crippen LogP contribution in [0.4, 0.5) is 0 Å². The molecule has 14 heavy (non-hydrogen) atoms. The van der Waals surface area contributed by atoms with Crippen molar-refractivity contribution in [1.82, 2.24) is 5.48 Å². The molecule has 2 amide bonds. The molecule has 0 atom stereocenters. The minimum absolute atomic E-state index is 0.0353. The van der Waals surface area contributed by atoms with Gasteiger partial charge in [0.05, 0.1) is 6.26 Å². The lowest BCUT2D eigenvalue weighted by Gasteiger charge is -1.92. The average molecular weight is 228 g/mol. The zero-order chi connectivity index (χ0) is 11.8. The van der Waals surface area contributed by atoms with Crippen LogP contribution in [-0.4, -0.2) is 36.2 Å². The summed E-state index contributed by atoms with van der Waals surface area (Å²) in [6.07, 6.45) is 0.616. The summed E-state index contributed by atoms with van der Waals surface area (Å²) in [5.74, 6) is -1.16. The van der Waals surface area contributed by atoms with Crippen molar-refractivity contribution in [2.45, 2.75) is 12.8 Å². The van der Waals surface area contributed by atoms with E-state index in [0.717, 1.165) is 0 Å². The molecule has 0 aliphatic rings. The quantitative estimate of drug-likeness (QED) is 0.256. The van der Waals surface area contributed by atoms with Crippen molar-refractivity contribution in [2.24, 2.45) is 5.73 Å². The van der Waals surface area contributed by atoms with Gasteiger partial charge >= 0.3 is 0 Å². The number of hydrogen-bond donors (Lipinski definition) is 4. The molecule has 84 valence electrons. The third-order valence-electron chi connectivity index (χ3n) is 0.723. The van der Waals surface area contributed by atoms with E-state index in [1.165, 1.54) is 5.48 Å². The lowest BCUT2D eigenvalue weighted by Crippen LogP contribution is -2.21. The van der Waals surface area contributed by atoms with Crippen LogP contribution in [0, 0.1) is 0 Å². The predicted molar refractivity (Wildman–Crippen MR) is 45.8 cm³/mol. The van der Waals surface area contributed by atoms with E-state index in [4.69, 9.17) is 15.5 Å². The van der Waals surface area contributed by atoms with E-state index in [0.29, 0.717) is 6.26 Å². The SMILES string of the molecule is CS(=O)(=O)O.NC(=O)CCC(=O)NO. The summed E-state index contributed by atoms with van der Waals surface area (Å²) < 4.78 is 25.9. The van der Waals surface area contributed by atoms with E-state index in [1.54, 1.807) is 0 Å². The van der Waals surface area contributed by atoms with Gasteiger partial charge in [0, 0.05) is 12.8 Å². The van der Waals surface area contributed by atoms with Gasteiger partial charge in [0.1, 0.15) is 0 Å². The normalized spacial score (nSPS) is 9.64. The van der Waals surface area contributed by atoms with Crippen molar-refractivity contribution < 1.29 is 27.8 Å². The Morgan fingerprint density at radius 1 is 1.36 bits per heavy atom. The highest BCUT2D eigenvalue weighted by Crippen LogP contribution is 1.84. The van der Waals surface area contributed by atoms with Crippen molar-refractivity contribution in [3.8, 4) is 0 Å². The average Bonchev–Trinajstić information content (AvgIpc) is 1.96. The van der Waals surface area contributed by atoms with Gasteiger partial charge in [-0.3, -0.25) is 19.3 Å². The summed E-state index contributed by atoms with van der Waals surface area (Å²) in [4.78, 5) is 20.1. The van der Waals surface area contributed by atoms with E-state index in [2.05, 4.69) is 0 Å². The Morgan fingerprint density at radius 2 is 1.71 bits per heavy atom. The molecule has 0 aromatic heterocycles. The van der Waals surface area contributed by atoms with Crippen molar-refractivity contribution in [1.29, 1.82) is 0 Å². The molecule has 0 aliphatic carbocycles.